The van der Waals surface area contributed by atoms with Gasteiger partial charge in [-0.1, -0.05) is 18.3 Å². The maximum absolute atomic E-state index is 11.7. The highest BCUT2D eigenvalue weighted by atomic mass is 32.1. The summed E-state index contributed by atoms with van der Waals surface area (Å²) in [4.78, 5) is 11.7. The summed E-state index contributed by atoms with van der Waals surface area (Å²) in [5, 5.41) is 16.4. The van der Waals surface area contributed by atoms with Crippen LogP contribution in [0, 0.1) is 6.92 Å². The summed E-state index contributed by atoms with van der Waals surface area (Å²) in [6, 6.07) is 0. The molecule has 2 aromatic heterocycles. The van der Waals surface area contributed by atoms with Gasteiger partial charge in [0.25, 0.3) is 0 Å². The summed E-state index contributed by atoms with van der Waals surface area (Å²) in [6.45, 7) is 4.63. The van der Waals surface area contributed by atoms with Crippen molar-refractivity contribution in [2.45, 2.75) is 39.7 Å². The SMILES string of the molecule is CCCc1nnc(NC(=O)CCn2cc(C)cn2)s1. The van der Waals surface area contributed by atoms with Crippen LogP contribution in [0.5, 0.6) is 0 Å². The second kappa shape index (κ2) is 6.42. The van der Waals surface area contributed by atoms with Gasteiger partial charge in [0.2, 0.25) is 11.0 Å². The summed E-state index contributed by atoms with van der Waals surface area (Å²) in [6.07, 6.45) is 6.00. The molecule has 2 aromatic rings. The molecule has 0 aliphatic carbocycles. The van der Waals surface area contributed by atoms with Crippen LogP contribution in [0.3, 0.4) is 0 Å². The molecule has 0 atom stereocenters. The van der Waals surface area contributed by atoms with E-state index in [4.69, 9.17) is 0 Å². The fourth-order valence-corrected chi connectivity index (χ4v) is 2.46. The van der Waals surface area contributed by atoms with E-state index < -0.39 is 0 Å². The minimum Gasteiger partial charge on any atom is -0.300 e. The smallest absolute Gasteiger partial charge is 0.228 e. The predicted octanol–water partition coefficient (Wildman–Crippen LogP) is 2.02. The molecule has 0 saturated carbocycles. The van der Waals surface area contributed by atoms with Gasteiger partial charge in [0.1, 0.15) is 5.01 Å². The third kappa shape index (κ3) is 4.13. The lowest BCUT2D eigenvalue weighted by Crippen LogP contribution is -2.14. The van der Waals surface area contributed by atoms with Gasteiger partial charge in [-0.25, -0.2) is 0 Å². The van der Waals surface area contributed by atoms with E-state index in [1.54, 1.807) is 10.9 Å². The largest absolute Gasteiger partial charge is 0.300 e. The third-order valence-electron chi connectivity index (χ3n) is 2.51. The molecule has 19 heavy (non-hydrogen) atoms. The summed E-state index contributed by atoms with van der Waals surface area (Å²) >= 11 is 1.43. The molecule has 0 aliphatic rings. The number of aromatic nitrogens is 4. The maximum Gasteiger partial charge on any atom is 0.228 e. The number of anilines is 1. The van der Waals surface area contributed by atoms with Gasteiger partial charge in [0, 0.05) is 25.6 Å². The van der Waals surface area contributed by atoms with Crippen molar-refractivity contribution in [1.82, 2.24) is 20.0 Å². The van der Waals surface area contributed by atoms with Gasteiger partial charge < -0.3 is 5.32 Å². The second-order valence-corrected chi connectivity index (χ2v) is 5.39. The highest BCUT2D eigenvalue weighted by molar-refractivity contribution is 7.15. The third-order valence-corrected chi connectivity index (χ3v) is 3.41. The highest BCUT2D eigenvalue weighted by Gasteiger charge is 2.08. The van der Waals surface area contributed by atoms with Crippen molar-refractivity contribution in [3.63, 3.8) is 0 Å². The number of aryl methyl sites for hydroxylation is 3. The lowest BCUT2D eigenvalue weighted by atomic mass is 10.4. The van der Waals surface area contributed by atoms with Crippen LogP contribution in [0.4, 0.5) is 5.13 Å². The molecular weight excluding hydrogens is 262 g/mol. The number of hydrogen-bond acceptors (Lipinski definition) is 5. The second-order valence-electron chi connectivity index (χ2n) is 4.33. The Balaban J connectivity index is 1.80. The monoisotopic (exact) mass is 279 g/mol. The summed E-state index contributed by atoms with van der Waals surface area (Å²) in [5.41, 5.74) is 1.09. The Morgan fingerprint density at radius 2 is 2.32 bits per heavy atom. The van der Waals surface area contributed by atoms with E-state index in [9.17, 15) is 4.79 Å². The van der Waals surface area contributed by atoms with Crippen molar-refractivity contribution < 1.29 is 4.79 Å². The van der Waals surface area contributed by atoms with Crippen LogP contribution in [0.1, 0.15) is 30.3 Å². The Morgan fingerprint density at radius 3 is 3.00 bits per heavy atom. The van der Waals surface area contributed by atoms with E-state index in [0.717, 1.165) is 23.4 Å². The number of carbonyl (C=O) groups is 1. The van der Waals surface area contributed by atoms with Crippen LogP contribution in [0.15, 0.2) is 12.4 Å². The van der Waals surface area contributed by atoms with Crippen LogP contribution < -0.4 is 5.32 Å². The van der Waals surface area contributed by atoms with Crippen molar-refractivity contribution in [1.29, 1.82) is 0 Å². The van der Waals surface area contributed by atoms with Crippen molar-refractivity contribution in [2.24, 2.45) is 0 Å². The summed E-state index contributed by atoms with van der Waals surface area (Å²) in [7, 11) is 0. The normalized spacial score (nSPS) is 10.6. The Bertz CT molecular complexity index is 548. The minimum atomic E-state index is -0.0626. The van der Waals surface area contributed by atoms with E-state index in [0.29, 0.717) is 18.1 Å². The van der Waals surface area contributed by atoms with Crippen LogP contribution in [-0.4, -0.2) is 25.9 Å². The molecule has 102 valence electrons. The first-order chi connectivity index (χ1) is 9.17. The molecule has 1 amide bonds. The topological polar surface area (TPSA) is 72.7 Å². The summed E-state index contributed by atoms with van der Waals surface area (Å²) in [5.74, 6) is -0.0626. The van der Waals surface area contributed by atoms with Crippen LogP contribution in [-0.2, 0) is 17.8 Å². The predicted molar refractivity (Wildman–Crippen MR) is 74.1 cm³/mol. The molecule has 0 bridgehead atoms. The zero-order chi connectivity index (χ0) is 13.7. The molecule has 0 unspecified atom stereocenters. The molecule has 0 aromatic carbocycles. The van der Waals surface area contributed by atoms with Gasteiger partial charge in [0.05, 0.1) is 6.20 Å². The van der Waals surface area contributed by atoms with E-state index >= 15 is 0 Å². The van der Waals surface area contributed by atoms with Gasteiger partial charge in [0.15, 0.2) is 0 Å². The molecule has 0 radical (unpaired) electrons. The van der Waals surface area contributed by atoms with Crippen LogP contribution in [0.25, 0.3) is 0 Å². The number of nitrogens with zero attached hydrogens (tertiary/aromatic N) is 4. The molecule has 2 rings (SSSR count). The molecule has 0 saturated heterocycles. The fourth-order valence-electron chi connectivity index (χ4n) is 1.61. The Labute approximate surface area is 115 Å². The minimum absolute atomic E-state index is 0.0626. The maximum atomic E-state index is 11.7. The van der Waals surface area contributed by atoms with E-state index in [1.165, 1.54) is 11.3 Å². The van der Waals surface area contributed by atoms with Crippen molar-refractivity contribution in [3.05, 3.63) is 23.0 Å². The Kier molecular flexibility index (Phi) is 4.62. The molecule has 0 aliphatic heterocycles. The molecule has 1 N–H and O–H groups in total. The van der Waals surface area contributed by atoms with Crippen LogP contribution in [0.2, 0.25) is 0 Å². The van der Waals surface area contributed by atoms with E-state index in [-0.39, 0.29) is 5.91 Å². The molecule has 7 heteroatoms. The standard InChI is InChI=1S/C12H17N5OS/c1-3-4-11-15-16-12(19-11)14-10(18)5-6-17-8-9(2)7-13-17/h7-8H,3-6H2,1-2H3,(H,14,16,18). The number of nitrogens with one attached hydrogen (secondary N) is 1. The highest BCUT2D eigenvalue weighted by Crippen LogP contribution is 2.16. The first-order valence-electron chi connectivity index (χ1n) is 6.28. The van der Waals surface area contributed by atoms with E-state index in [1.807, 2.05) is 13.1 Å². The molecular formula is C12H17N5OS. The number of carbonyl (C=O) groups excluding carboxylic acids is 1. The number of hydrogen-bond donors (Lipinski definition) is 1. The average molecular weight is 279 g/mol. The van der Waals surface area contributed by atoms with Crippen molar-refractivity contribution in [2.75, 3.05) is 5.32 Å². The first kappa shape index (κ1) is 13.7. The van der Waals surface area contributed by atoms with Gasteiger partial charge in [-0.2, -0.15) is 5.10 Å². The van der Waals surface area contributed by atoms with Crippen LogP contribution >= 0.6 is 11.3 Å². The quantitative estimate of drug-likeness (QED) is 0.878. The van der Waals surface area contributed by atoms with E-state index in [2.05, 4.69) is 27.5 Å². The van der Waals surface area contributed by atoms with Crippen molar-refractivity contribution >= 4 is 22.4 Å². The molecule has 6 nitrogen and oxygen atoms in total. The summed E-state index contributed by atoms with van der Waals surface area (Å²) < 4.78 is 1.76. The van der Waals surface area contributed by atoms with Gasteiger partial charge in [-0.3, -0.25) is 9.48 Å². The fraction of sp³-hybridized carbons (Fsp3) is 0.500. The van der Waals surface area contributed by atoms with Gasteiger partial charge >= 0.3 is 0 Å². The van der Waals surface area contributed by atoms with Gasteiger partial charge in [-0.05, 0) is 18.9 Å². The molecule has 0 fully saturated rings. The first-order valence-corrected chi connectivity index (χ1v) is 7.10. The number of rotatable bonds is 6. The number of amides is 1. The van der Waals surface area contributed by atoms with Crippen molar-refractivity contribution in [3.8, 4) is 0 Å². The molecule has 2 heterocycles. The molecule has 0 spiro atoms. The Hall–Kier alpha value is -1.76. The lowest BCUT2D eigenvalue weighted by Gasteiger charge is -2.01. The van der Waals surface area contributed by atoms with Gasteiger partial charge in [-0.15, -0.1) is 10.2 Å². The zero-order valence-electron chi connectivity index (χ0n) is 11.1. The lowest BCUT2D eigenvalue weighted by molar-refractivity contribution is -0.116. The zero-order valence-corrected chi connectivity index (χ0v) is 11.9. The Morgan fingerprint density at radius 1 is 1.47 bits per heavy atom. The average Bonchev–Trinajstić information content (AvgIpc) is 2.97.